The van der Waals surface area contributed by atoms with E-state index in [9.17, 15) is 18.0 Å². The average Bonchev–Trinajstić information content (AvgIpc) is 3.31. The van der Waals surface area contributed by atoms with Crippen LogP contribution in [0.3, 0.4) is 0 Å². The Morgan fingerprint density at radius 1 is 1.14 bits per heavy atom. The largest absolute Gasteiger partial charge is 0.462 e. The van der Waals surface area contributed by atoms with Gasteiger partial charge in [0.25, 0.3) is 0 Å². The molecule has 3 heterocycles. The molecule has 0 bridgehead atoms. The number of amides is 1. The van der Waals surface area contributed by atoms with Crippen molar-refractivity contribution in [3.63, 3.8) is 0 Å². The van der Waals surface area contributed by atoms with Gasteiger partial charge in [0.05, 0.1) is 29.4 Å². The lowest BCUT2D eigenvalue weighted by Crippen LogP contribution is -2.39. The van der Waals surface area contributed by atoms with Gasteiger partial charge in [-0.05, 0) is 45.4 Å². The van der Waals surface area contributed by atoms with Gasteiger partial charge in [-0.1, -0.05) is 23.5 Å². The van der Waals surface area contributed by atoms with E-state index < -0.39 is 28.4 Å². The number of nitrogens with zero attached hydrogens (tertiary/aromatic N) is 4. The fourth-order valence-electron chi connectivity index (χ4n) is 4.17. The van der Waals surface area contributed by atoms with E-state index >= 15 is 0 Å². The van der Waals surface area contributed by atoms with Crippen molar-refractivity contribution in [2.45, 2.75) is 58.4 Å². The fraction of sp³-hybridized carbons (Fsp3) is 0.423. The molecule has 1 amide bonds. The van der Waals surface area contributed by atoms with Crippen LogP contribution in [0, 0.1) is 6.92 Å². The molecule has 0 radical (unpaired) electrons. The number of rotatable bonds is 11. The molecule has 0 fully saturated rings. The zero-order valence-corrected chi connectivity index (χ0v) is 25.3. The number of anilines is 3. The van der Waals surface area contributed by atoms with Gasteiger partial charge in [0.15, 0.2) is 5.13 Å². The molecule has 0 saturated heterocycles. The second-order valence-corrected chi connectivity index (χ2v) is 11.8. The molecule has 3 aromatic rings. The molecule has 1 aromatic carbocycles. The van der Waals surface area contributed by atoms with Crippen molar-refractivity contribution in [3.05, 3.63) is 51.7 Å². The molecular weight excluding hydrogens is 586 g/mol. The number of fused-ring (bicyclic) bond motifs is 1. The van der Waals surface area contributed by atoms with Gasteiger partial charge in [0.2, 0.25) is 22.3 Å². The highest BCUT2D eigenvalue weighted by molar-refractivity contribution is 7.89. The highest BCUT2D eigenvalue weighted by Crippen LogP contribution is 2.30. The number of aromatic nitrogens is 3. The van der Waals surface area contributed by atoms with E-state index in [2.05, 4.69) is 25.6 Å². The average molecular weight is 620 g/mol. The monoisotopic (exact) mass is 619 g/mol. The number of primary sulfonamides is 1. The van der Waals surface area contributed by atoms with E-state index in [0.29, 0.717) is 53.2 Å². The zero-order valence-electron chi connectivity index (χ0n) is 23.7. The van der Waals surface area contributed by atoms with Gasteiger partial charge in [0.1, 0.15) is 10.7 Å². The van der Waals surface area contributed by atoms with Gasteiger partial charge < -0.3 is 24.4 Å². The Hall–Kier alpha value is -3.86. The number of sulfonamides is 1. The maximum Gasteiger partial charge on any atom is 0.412 e. The second kappa shape index (κ2) is 13.4. The second-order valence-electron chi connectivity index (χ2n) is 9.22. The molecule has 16 heteroatoms. The van der Waals surface area contributed by atoms with Crippen LogP contribution in [0.2, 0.25) is 0 Å². The molecule has 2 aromatic heterocycles. The summed E-state index contributed by atoms with van der Waals surface area (Å²) in [6, 6.07) is 6.15. The minimum atomic E-state index is -3.81. The summed E-state index contributed by atoms with van der Waals surface area (Å²) in [6.07, 6.45) is -0.767. The summed E-state index contributed by atoms with van der Waals surface area (Å²) in [6.45, 7) is 8.45. The van der Waals surface area contributed by atoms with E-state index in [0.717, 1.165) is 22.6 Å². The molecule has 0 spiro atoms. The molecule has 0 saturated carbocycles. The van der Waals surface area contributed by atoms with Crippen molar-refractivity contribution in [1.29, 1.82) is 0 Å². The molecular formula is C26H33N7O7S2. The molecule has 4 rings (SSSR count). The Kier molecular flexibility index (Phi) is 9.93. The summed E-state index contributed by atoms with van der Waals surface area (Å²) in [7, 11) is -3.81. The first kappa shape index (κ1) is 31.1. The van der Waals surface area contributed by atoms with Crippen molar-refractivity contribution >= 4 is 50.3 Å². The smallest absolute Gasteiger partial charge is 0.412 e. The normalized spacial score (nSPS) is 13.7. The molecule has 0 aliphatic carbocycles. The predicted octanol–water partition coefficient (Wildman–Crippen LogP) is 3.30. The third-order valence-electron chi connectivity index (χ3n) is 6.17. The molecule has 14 nitrogen and oxygen atoms in total. The van der Waals surface area contributed by atoms with Crippen LogP contribution < -0.4 is 15.8 Å². The van der Waals surface area contributed by atoms with E-state index in [1.54, 1.807) is 37.8 Å². The number of benzene rings is 1. The third kappa shape index (κ3) is 7.70. The number of ether oxygens (including phenoxy) is 3. The van der Waals surface area contributed by atoms with Crippen LogP contribution >= 0.6 is 11.3 Å². The van der Waals surface area contributed by atoms with Crippen LogP contribution in [0.5, 0.6) is 0 Å². The molecule has 1 unspecified atom stereocenters. The van der Waals surface area contributed by atoms with E-state index in [-0.39, 0.29) is 24.0 Å². The maximum atomic E-state index is 12.8. The molecule has 1 aliphatic heterocycles. The van der Waals surface area contributed by atoms with Gasteiger partial charge in [-0.3, -0.25) is 5.32 Å². The Morgan fingerprint density at radius 3 is 2.55 bits per heavy atom. The first-order valence-electron chi connectivity index (χ1n) is 13.2. The number of hydrogen-bond donors (Lipinski definition) is 3. The van der Waals surface area contributed by atoms with Crippen LogP contribution in [0.15, 0.2) is 29.2 Å². The van der Waals surface area contributed by atoms with E-state index in [1.165, 1.54) is 12.1 Å². The van der Waals surface area contributed by atoms with E-state index in [1.807, 2.05) is 6.92 Å². The Labute approximate surface area is 247 Å². The number of carbonyl (C=O) groups excluding carboxylic acids is 2. The number of hydrogen-bond acceptors (Lipinski definition) is 13. The van der Waals surface area contributed by atoms with Crippen LogP contribution in [-0.2, 0) is 43.7 Å². The highest BCUT2D eigenvalue weighted by Gasteiger charge is 2.28. The van der Waals surface area contributed by atoms with Gasteiger partial charge in [0, 0.05) is 31.7 Å². The molecule has 1 atom stereocenters. The standard InChI is InChI=1S/C26H33N7O7S2/c1-5-38-16(4)40-26(35)33-12-11-20-19(14-33)22(28-13-17-7-9-18(10-8-17)42(27,36)37)31-24(30-20)32-25-29-15(3)21(41-25)23(34)39-6-2/h7-10,16H,5-6,11-14H2,1-4H3,(H2,27,36,37)(H2,28,29,30,31,32). The minimum absolute atomic E-state index is 0.00788. The van der Waals surface area contributed by atoms with Crippen LogP contribution in [0.1, 0.15) is 53.0 Å². The Balaban J connectivity index is 1.60. The van der Waals surface area contributed by atoms with Gasteiger partial charge in [-0.15, -0.1) is 0 Å². The SMILES string of the molecule is CCOC(=O)c1sc(Nc2nc3c(c(NCc4ccc(S(N)(=O)=O)cc4)n2)CN(C(=O)OC(C)OCC)CC3)nc1C. The Bertz CT molecular complexity index is 1550. The highest BCUT2D eigenvalue weighted by atomic mass is 32.2. The molecule has 4 N–H and O–H groups in total. The first-order chi connectivity index (χ1) is 20.0. The number of carbonyl (C=O) groups is 2. The first-order valence-corrected chi connectivity index (χ1v) is 15.6. The molecule has 1 aliphatic rings. The predicted molar refractivity (Wildman–Crippen MR) is 155 cm³/mol. The van der Waals surface area contributed by atoms with Gasteiger partial charge in [-0.25, -0.2) is 33.1 Å². The quantitative estimate of drug-likeness (QED) is 0.210. The maximum absolute atomic E-state index is 12.8. The summed E-state index contributed by atoms with van der Waals surface area (Å²) in [5.41, 5.74) is 2.73. The van der Waals surface area contributed by atoms with E-state index in [4.69, 9.17) is 19.3 Å². The molecule has 226 valence electrons. The number of nitrogens with one attached hydrogen (secondary N) is 2. The fourth-order valence-corrected chi connectivity index (χ4v) is 5.54. The number of nitrogens with two attached hydrogens (primary N) is 1. The van der Waals surface area contributed by atoms with Crippen LogP contribution in [-0.4, -0.2) is 66.4 Å². The van der Waals surface area contributed by atoms with Crippen molar-refractivity contribution in [2.75, 3.05) is 30.4 Å². The molecule has 42 heavy (non-hydrogen) atoms. The van der Waals surface area contributed by atoms with Crippen molar-refractivity contribution < 1.29 is 32.2 Å². The third-order valence-corrected chi connectivity index (χ3v) is 8.16. The zero-order chi connectivity index (χ0) is 30.4. The summed E-state index contributed by atoms with van der Waals surface area (Å²) >= 11 is 1.14. The number of esters is 1. The van der Waals surface area contributed by atoms with Crippen LogP contribution in [0.4, 0.5) is 21.7 Å². The van der Waals surface area contributed by atoms with Crippen molar-refractivity contribution in [2.24, 2.45) is 5.14 Å². The van der Waals surface area contributed by atoms with Gasteiger partial charge >= 0.3 is 12.1 Å². The lowest BCUT2D eigenvalue weighted by Gasteiger charge is -2.30. The number of aryl methyl sites for hydroxylation is 1. The lowest BCUT2D eigenvalue weighted by atomic mass is 10.1. The minimum Gasteiger partial charge on any atom is -0.462 e. The summed E-state index contributed by atoms with van der Waals surface area (Å²) in [5.74, 6) is 0.270. The van der Waals surface area contributed by atoms with Crippen molar-refractivity contribution in [3.8, 4) is 0 Å². The summed E-state index contributed by atoms with van der Waals surface area (Å²) in [4.78, 5) is 40.7. The van der Waals surface area contributed by atoms with Crippen LogP contribution in [0.25, 0.3) is 0 Å². The van der Waals surface area contributed by atoms with Crippen molar-refractivity contribution in [1.82, 2.24) is 19.9 Å². The number of thiazole rings is 1. The lowest BCUT2D eigenvalue weighted by molar-refractivity contribution is -0.0962. The Morgan fingerprint density at radius 2 is 1.88 bits per heavy atom. The summed E-state index contributed by atoms with van der Waals surface area (Å²) in [5, 5.41) is 12.0. The van der Waals surface area contributed by atoms with Gasteiger partial charge in [-0.2, -0.15) is 4.98 Å². The summed E-state index contributed by atoms with van der Waals surface area (Å²) < 4.78 is 39.0. The topological polar surface area (TPSA) is 188 Å².